The first-order valence-corrected chi connectivity index (χ1v) is 4.81. The number of benzene rings is 1. The van der Waals surface area contributed by atoms with Crippen LogP contribution in [0.15, 0.2) is 12.1 Å². The number of carbonyl (C=O) groups excluding carboxylic acids is 1. The molecule has 0 fully saturated rings. The summed E-state index contributed by atoms with van der Waals surface area (Å²) in [5, 5.41) is 0. The zero-order valence-electron chi connectivity index (χ0n) is 8.87. The van der Waals surface area contributed by atoms with Crippen molar-refractivity contribution in [3.63, 3.8) is 0 Å². The van der Waals surface area contributed by atoms with Crippen LogP contribution in [0.2, 0.25) is 0 Å². The van der Waals surface area contributed by atoms with Crippen LogP contribution in [0.1, 0.15) is 10.4 Å². The average Bonchev–Trinajstić information content (AvgIpc) is 2.26. The summed E-state index contributed by atoms with van der Waals surface area (Å²) < 4.78 is 15.3. The van der Waals surface area contributed by atoms with Crippen LogP contribution < -0.4 is 14.2 Å². The smallest absolute Gasteiger partial charge is 0.185 e. The molecule has 0 amide bonds. The van der Waals surface area contributed by atoms with Crippen molar-refractivity contribution in [3.05, 3.63) is 17.7 Å². The molecule has 5 heteroatoms. The highest BCUT2D eigenvalue weighted by atomic mass is 31.0. The zero-order valence-corrected chi connectivity index (χ0v) is 10.0. The summed E-state index contributed by atoms with van der Waals surface area (Å²) in [6.45, 7) is 0. The lowest BCUT2D eigenvalue weighted by atomic mass is 10.2. The van der Waals surface area contributed by atoms with Gasteiger partial charge in [0.1, 0.15) is 22.8 Å². The Balaban J connectivity index is 3.39. The topological polar surface area (TPSA) is 44.8 Å². The van der Waals surface area contributed by atoms with E-state index in [1.54, 1.807) is 12.1 Å². The minimum Gasteiger partial charge on any atom is -0.496 e. The van der Waals surface area contributed by atoms with E-state index in [-0.39, 0.29) is 5.52 Å². The van der Waals surface area contributed by atoms with E-state index in [4.69, 9.17) is 14.2 Å². The lowest BCUT2D eigenvalue weighted by Crippen LogP contribution is -2.00. The molecule has 0 spiro atoms. The molecule has 0 aromatic heterocycles. The first kappa shape index (κ1) is 11.8. The molecule has 1 unspecified atom stereocenters. The highest BCUT2D eigenvalue weighted by molar-refractivity contribution is 7.41. The Kier molecular flexibility index (Phi) is 3.92. The Morgan fingerprint density at radius 1 is 1.07 bits per heavy atom. The summed E-state index contributed by atoms with van der Waals surface area (Å²) in [6.07, 6.45) is 0. The molecular formula is C10H13O4P. The van der Waals surface area contributed by atoms with Gasteiger partial charge in [0.05, 0.1) is 21.3 Å². The van der Waals surface area contributed by atoms with Crippen molar-refractivity contribution >= 4 is 14.8 Å². The van der Waals surface area contributed by atoms with E-state index < -0.39 is 0 Å². The van der Waals surface area contributed by atoms with Gasteiger partial charge in [-0.25, -0.2) is 0 Å². The van der Waals surface area contributed by atoms with Gasteiger partial charge in [-0.2, -0.15) is 0 Å². The number of carbonyl (C=O) groups is 1. The molecule has 0 aliphatic carbocycles. The van der Waals surface area contributed by atoms with Gasteiger partial charge in [-0.3, -0.25) is 4.79 Å². The Morgan fingerprint density at radius 3 is 1.80 bits per heavy atom. The quantitative estimate of drug-likeness (QED) is 0.736. The van der Waals surface area contributed by atoms with Crippen LogP contribution in [0.25, 0.3) is 0 Å². The third-order valence-electron chi connectivity index (χ3n) is 1.96. The molecule has 4 nitrogen and oxygen atoms in total. The summed E-state index contributed by atoms with van der Waals surface area (Å²) in [5.41, 5.74) is 0.206. The monoisotopic (exact) mass is 228 g/mol. The molecule has 15 heavy (non-hydrogen) atoms. The van der Waals surface area contributed by atoms with E-state index in [1.165, 1.54) is 21.3 Å². The van der Waals surface area contributed by atoms with E-state index >= 15 is 0 Å². The molecule has 0 heterocycles. The van der Waals surface area contributed by atoms with Crippen LogP contribution in [0, 0.1) is 0 Å². The van der Waals surface area contributed by atoms with Gasteiger partial charge >= 0.3 is 0 Å². The van der Waals surface area contributed by atoms with E-state index in [0.29, 0.717) is 22.8 Å². The van der Waals surface area contributed by atoms with Crippen molar-refractivity contribution in [2.45, 2.75) is 0 Å². The van der Waals surface area contributed by atoms with Crippen LogP contribution in [-0.4, -0.2) is 26.9 Å². The normalized spacial score (nSPS) is 9.60. The molecule has 1 aromatic carbocycles. The third kappa shape index (κ3) is 2.39. The summed E-state index contributed by atoms with van der Waals surface area (Å²) in [6, 6.07) is 3.28. The van der Waals surface area contributed by atoms with Crippen molar-refractivity contribution in [3.8, 4) is 17.2 Å². The SMILES string of the molecule is COc1cc(OC)c(C(=O)P)c(OC)c1. The van der Waals surface area contributed by atoms with Gasteiger partial charge in [0.15, 0.2) is 5.52 Å². The molecule has 0 radical (unpaired) electrons. The zero-order chi connectivity index (χ0) is 11.4. The Hall–Kier alpha value is -1.28. The molecule has 0 saturated carbocycles. The Morgan fingerprint density at radius 2 is 1.53 bits per heavy atom. The maximum atomic E-state index is 11.4. The van der Waals surface area contributed by atoms with Crippen molar-refractivity contribution in [1.29, 1.82) is 0 Å². The van der Waals surface area contributed by atoms with Crippen molar-refractivity contribution in [2.75, 3.05) is 21.3 Å². The number of methoxy groups -OCH3 is 3. The van der Waals surface area contributed by atoms with Gasteiger partial charge in [0.2, 0.25) is 0 Å². The maximum absolute atomic E-state index is 11.4. The second-order valence-corrected chi connectivity index (χ2v) is 3.30. The number of hydrogen-bond donors (Lipinski definition) is 0. The first-order chi connectivity index (χ1) is 7.13. The molecule has 0 saturated heterocycles. The van der Waals surface area contributed by atoms with Crippen LogP contribution in [-0.2, 0) is 0 Å². The second-order valence-electron chi connectivity index (χ2n) is 2.77. The number of rotatable bonds is 4. The predicted octanol–water partition coefficient (Wildman–Crippen LogP) is 1.73. The fourth-order valence-corrected chi connectivity index (χ4v) is 1.53. The summed E-state index contributed by atoms with van der Waals surface area (Å²) in [4.78, 5) is 11.4. The van der Waals surface area contributed by atoms with E-state index in [2.05, 4.69) is 9.24 Å². The van der Waals surface area contributed by atoms with Gasteiger partial charge < -0.3 is 14.2 Å². The van der Waals surface area contributed by atoms with Gasteiger partial charge in [-0.1, -0.05) is 9.24 Å². The van der Waals surface area contributed by atoms with E-state index in [0.717, 1.165) is 0 Å². The molecule has 0 aliphatic rings. The summed E-state index contributed by atoms with van der Waals surface area (Å²) in [7, 11) is 6.61. The third-order valence-corrected chi connectivity index (χ3v) is 2.25. The Bertz CT molecular complexity index is 351. The van der Waals surface area contributed by atoms with Crippen LogP contribution in [0.5, 0.6) is 17.2 Å². The lowest BCUT2D eigenvalue weighted by molar-refractivity contribution is 0.108. The highest BCUT2D eigenvalue weighted by Crippen LogP contribution is 2.35. The van der Waals surface area contributed by atoms with Crippen molar-refractivity contribution < 1.29 is 19.0 Å². The number of ether oxygens (including phenoxy) is 3. The summed E-state index contributed by atoms with van der Waals surface area (Å²) >= 11 is 0. The molecular weight excluding hydrogens is 215 g/mol. The second kappa shape index (κ2) is 4.99. The first-order valence-electron chi connectivity index (χ1n) is 4.23. The average molecular weight is 228 g/mol. The minimum absolute atomic E-state index is 0.189. The van der Waals surface area contributed by atoms with Gasteiger partial charge in [-0.05, 0) is 0 Å². The van der Waals surface area contributed by atoms with Crippen LogP contribution in [0.3, 0.4) is 0 Å². The highest BCUT2D eigenvalue weighted by Gasteiger charge is 2.16. The van der Waals surface area contributed by atoms with E-state index in [9.17, 15) is 4.79 Å². The minimum atomic E-state index is -0.189. The van der Waals surface area contributed by atoms with Gasteiger partial charge in [0, 0.05) is 12.1 Å². The molecule has 1 atom stereocenters. The predicted molar refractivity (Wildman–Crippen MR) is 60.1 cm³/mol. The fourth-order valence-electron chi connectivity index (χ4n) is 1.25. The van der Waals surface area contributed by atoms with Crippen molar-refractivity contribution in [2.24, 2.45) is 0 Å². The molecule has 1 rings (SSSR count). The molecule has 0 aliphatic heterocycles. The van der Waals surface area contributed by atoms with Crippen molar-refractivity contribution in [1.82, 2.24) is 0 Å². The summed E-state index contributed by atoms with van der Waals surface area (Å²) in [5.74, 6) is 1.45. The van der Waals surface area contributed by atoms with E-state index in [1.807, 2.05) is 0 Å². The largest absolute Gasteiger partial charge is 0.496 e. The lowest BCUT2D eigenvalue weighted by Gasteiger charge is -2.12. The maximum Gasteiger partial charge on any atom is 0.185 e. The van der Waals surface area contributed by atoms with Crippen LogP contribution in [0.4, 0.5) is 0 Å². The Labute approximate surface area is 90.7 Å². The van der Waals surface area contributed by atoms with Gasteiger partial charge in [-0.15, -0.1) is 0 Å². The van der Waals surface area contributed by atoms with Gasteiger partial charge in [0.25, 0.3) is 0 Å². The number of hydrogen-bond acceptors (Lipinski definition) is 4. The standard InChI is InChI=1S/C10H13O4P/c1-12-6-4-7(13-2)9(10(11)15)8(5-6)14-3/h4-5H,15H2,1-3H3. The molecule has 0 N–H and O–H groups in total. The van der Waals surface area contributed by atoms with Crippen LogP contribution >= 0.6 is 9.24 Å². The fraction of sp³-hybridized carbons (Fsp3) is 0.300. The molecule has 0 bridgehead atoms. The molecule has 1 aromatic rings. The molecule has 82 valence electrons.